The van der Waals surface area contributed by atoms with Crippen molar-refractivity contribution < 1.29 is 14.5 Å². The molecule has 0 aliphatic carbocycles. The zero-order valence-corrected chi connectivity index (χ0v) is 9.87. The quantitative estimate of drug-likeness (QED) is 0.659. The van der Waals surface area contributed by atoms with E-state index in [4.69, 9.17) is 4.74 Å². The third-order valence-electron chi connectivity index (χ3n) is 2.19. The van der Waals surface area contributed by atoms with Gasteiger partial charge in [-0.1, -0.05) is 0 Å². The van der Waals surface area contributed by atoms with Gasteiger partial charge in [-0.05, 0) is 6.92 Å². The Morgan fingerprint density at radius 2 is 2.35 bits per heavy atom. The highest BCUT2D eigenvalue weighted by molar-refractivity contribution is 8.00. The number of nitro benzene ring substituents is 1. The largest absolute Gasteiger partial charge is 0.487 e. The Kier molecular flexibility index (Phi) is 3.19. The van der Waals surface area contributed by atoms with Crippen LogP contribution in [-0.4, -0.2) is 23.2 Å². The fraction of sp³-hybridized carbons (Fsp3) is 0.300. The minimum Gasteiger partial charge on any atom is -0.487 e. The number of nitrogens with zero attached hydrogens (tertiary/aromatic N) is 1. The van der Waals surface area contributed by atoms with Crippen LogP contribution in [0.1, 0.15) is 6.92 Å². The first kappa shape index (κ1) is 11.7. The lowest BCUT2D eigenvalue weighted by molar-refractivity contribution is -0.385. The summed E-state index contributed by atoms with van der Waals surface area (Å²) in [6.45, 7) is 2.12. The highest BCUT2D eigenvalue weighted by Gasteiger charge is 2.23. The summed E-state index contributed by atoms with van der Waals surface area (Å²) in [5.41, 5.74) is 0.342. The van der Waals surface area contributed by atoms with Gasteiger partial charge in [0.25, 0.3) is 0 Å². The highest BCUT2D eigenvalue weighted by atomic mass is 32.2. The maximum atomic E-state index is 11.2. The molecule has 0 spiro atoms. The average molecular weight is 254 g/mol. The Balaban J connectivity index is 2.47. The van der Waals surface area contributed by atoms with Crippen LogP contribution in [0, 0.1) is 10.1 Å². The topological polar surface area (TPSA) is 81.5 Å². The van der Waals surface area contributed by atoms with Crippen LogP contribution < -0.4 is 10.1 Å². The first-order valence-corrected chi connectivity index (χ1v) is 5.98. The molecular formula is C10H10N2O4S. The van der Waals surface area contributed by atoms with E-state index in [0.29, 0.717) is 18.0 Å². The van der Waals surface area contributed by atoms with Crippen molar-refractivity contribution in [2.45, 2.75) is 11.8 Å². The number of benzene rings is 1. The normalized spacial score (nSPS) is 13.8. The van der Waals surface area contributed by atoms with Crippen LogP contribution >= 0.6 is 11.8 Å². The molecule has 1 aromatic carbocycles. The molecule has 1 heterocycles. The zero-order valence-electron chi connectivity index (χ0n) is 9.06. The van der Waals surface area contributed by atoms with Crippen molar-refractivity contribution >= 4 is 29.0 Å². The van der Waals surface area contributed by atoms with Crippen LogP contribution in [0.5, 0.6) is 5.75 Å². The molecule has 0 saturated heterocycles. The molecule has 0 aromatic heterocycles. The summed E-state index contributed by atoms with van der Waals surface area (Å²) in [4.78, 5) is 22.3. The van der Waals surface area contributed by atoms with Crippen LogP contribution in [-0.2, 0) is 4.79 Å². The molecule has 0 saturated carbocycles. The number of ether oxygens (including phenoxy) is 1. The van der Waals surface area contributed by atoms with Crippen molar-refractivity contribution in [3.05, 3.63) is 22.2 Å². The van der Waals surface area contributed by atoms with Gasteiger partial charge in [0, 0.05) is 17.0 Å². The van der Waals surface area contributed by atoms with E-state index >= 15 is 0 Å². The molecule has 2 rings (SSSR count). The number of hydrogen-bond acceptors (Lipinski definition) is 5. The van der Waals surface area contributed by atoms with Gasteiger partial charge in [0.05, 0.1) is 23.0 Å². The summed E-state index contributed by atoms with van der Waals surface area (Å²) in [6, 6.07) is 2.94. The molecule has 1 aliphatic heterocycles. The van der Waals surface area contributed by atoms with E-state index in [-0.39, 0.29) is 17.3 Å². The van der Waals surface area contributed by atoms with Crippen LogP contribution in [0.3, 0.4) is 0 Å². The lowest BCUT2D eigenvalue weighted by Crippen LogP contribution is -2.18. The molecule has 1 aromatic rings. The van der Waals surface area contributed by atoms with Gasteiger partial charge in [-0.25, -0.2) is 0 Å². The lowest BCUT2D eigenvalue weighted by Gasteiger charge is -2.17. The minimum absolute atomic E-state index is 0.131. The van der Waals surface area contributed by atoms with Crippen molar-refractivity contribution in [3.8, 4) is 5.75 Å². The van der Waals surface area contributed by atoms with Crippen LogP contribution in [0.2, 0.25) is 0 Å². The van der Waals surface area contributed by atoms with Gasteiger partial charge in [0.2, 0.25) is 5.91 Å². The minimum atomic E-state index is -0.517. The summed E-state index contributed by atoms with van der Waals surface area (Å²) in [5, 5.41) is 13.5. The Morgan fingerprint density at radius 1 is 1.59 bits per heavy atom. The molecule has 0 bridgehead atoms. The van der Waals surface area contributed by atoms with Crippen molar-refractivity contribution in [1.29, 1.82) is 0 Å². The van der Waals surface area contributed by atoms with Gasteiger partial charge >= 0.3 is 5.69 Å². The van der Waals surface area contributed by atoms with Crippen molar-refractivity contribution in [1.82, 2.24) is 0 Å². The predicted molar refractivity (Wildman–Crippen MR) is 63.6 cm³/mol. The third kappa shape index (κ3) is 2.33. The molecular weight excluding hydrogens is 244 g/mol. The van der Waals surface area contributed by atoms with Gasteiger partial charge in [-0.2, -0.15) is 0 Å². The average Bonchev–Trinajstić information content (AvgIpc) is 2.28. The molecule has 0 radical (unpaired) electrons. The van der Waals surface area contributed by atoms with Gasteiger partial charge in [0.1, 0.15) is 0 Å². The summed E-state index contributed by atoms with van der Waals surface area (Å²) in [7, 11) is 0. The summed E-state index contributed by atoms with van der Waals surface area (Å²) in [6.07, 6.45) is 0. The number of hydrogen-bond donors (Lipinski definition) is 1. The number of anilines is 1. The Morgan fingerprint density at radius 3 is 3.00 bits per heavy atom. The monoisotopic (exact) mass is 254 g/mol. The molecule has 0 atom stereocenters. The Labute approximate surface area is 101 Å². The molecule has 1 aliphatic rings. The summed E-state index contributed by atoms with van der Waals surface area (Å²) >= 11 is 1.34. The van der Waals surface area contributed by atoms with Crippen molar-refractivity contribution in [2.75, 3.05) is 17.7 Å². The second kappa shape index (κ2) is 4.62. The maximum Gasteiger partial charge on any atom is 0.313 e. The summed E-state index contributed by atoms with van der Waals surface area (Å²) < 4.78 is 5.22. The van der Waals surface area contributed by atoms with Gasteiger partial charge in [-0.3, -0.25) is 14.9 Å². The standard InChI is InChI=1S/C10H10N2O4S/c1-2-16-8-4-9-6(3-7(8)12(14)15)11-10(13)5-17-9/h3-4H,2,5H2,1H3,(H,11,13). The van der Waals surface area contributed by atoms with E-state index in [9.17, 15) is 14.9 Å². The summed E-state index contributed by atoms with van der Waals surface area (Å²) in [5.74, 6) is 0.400. The van der Waals surface area contributed by atoms with Crippen molar-refractivity contribution in [3.63, 3.8) is 0 Å². The number of nitrogens with one attached hydrogen (secondary N) is 1. The number of carbonyl (C=O) groups excluding carboxylic acids is 1. The van der Waals surface area contributed by atoms with E-state index in [0.717, 1.165) is 4.90 Å². The second-order valence-electron chi connectivity index (χ2n) is 3.34. The van der Waals surface area contributed by atoms with Crippen LogP contribution in [0.25, 0.3) is 0 Å². The van der Waals surface area contributed by atoms with Gasteiger partial charge in [0.15, 0.2) is 5.75 Å². The van der Waals surface area contributed by atoms with Gasteiger partial charge in [-0.15, -0.1) is 11.8 Å². The van der Waals surface area contributed by atoms with E-state index in [1.165, 1.54) is 17.8 Å². The van der Waals surface area contributed by atoms with Gasteiger partial charge < -0.3 is 10.1 Å². The molecule has 6 nitrogen and oxygen atoms in total. The number of nitro groups is 1. The smallest absolute Gasteiger partial charge is 0.313 e. The zero-order chi connectivity index (χ0) is 12.4. The number of fused-ring (bicyclic) bond motifs is 1. The first-order chi connectivity index (χ1) is 8.11. The van der Waals surface area contributed by atoms with Crippen LogP contribution in [0.4, 0.5) is 11.4 Å². The highest BCUT2D eigenvalue weighted by Crippen LogP contribution is 2.40. The molecule has 1 N–H and O–H groups in total. The van der Waals surface area contributed by atoms with E-state index in [1.54, 1.807) is 13.0 Å². The maximum absolute atomic E-state index is 11.2. The number of amides is 1. The molecule has 7 heteroatoms. The lowest BCUT2D eigenvalue weighted by atomic mass is 10.2. The number of thioether (sulfide) groups is 1. The predicted octanol–water partition coefficient (Wildman–Crippen LogP) is 2.04. The van der Waals surface area contributed by atoms with Crippen molar-refractivity contribution in [2.24, 2.45) is 0 Å². The SMILES string of the molecule is CCOc1cc2c(cc1[N+](=O)[O-])NC(=O)CS2. The second-order valence-corrected chi connectivity index (χ2v) is 4.36. The molecule has 17 heavy (non-hydrogen) atoms. The molecule has 1 amide bonds. The van der Waals surface area contributed by atoms with E-state index in [1.807, 2.05) is 0 Å². The van der Waals surface area contributed by atoms with E-state index in [2.05, 4.69) is 5.32 Å². The third-order valence-corrected chi connectivity index (χ3v) is 3.25. The molecule has 0 fully saturated rings. The molecule has 0 unspecified atom stereocenters. The number of rotatable bonds is 3. The first-order valence-electron chi connectivity index (χ1n) is 4.99. The fourth-order valence-corrected chi connectivity index (χ4v) is 2.32. The van der Waals surface area contributed by atoms with Crippen LogP contribution in [0.15, 0.2) is 17.0 Å². The Bertz CT molecular complexity index is 489. The van der Waals surface area contributed by atoms with E-state index < -0.39 is 4.92 Å². The Hall–Kier alpha value is -1.76. The molecule has 90 valence electrons. The number of carbonyl (C=O) groups is 1. The fourth-order valence-electron chi connectivity index (χ4n) is 1.51.